The number of carbonyl (C=O) groups is 1. The largest absolute Gasteiger partial charge is 0.480 e. The maximum absolute atomic E-state index is 11.4. The molecule has 3 N–H and O–H groups in total. The summed E-state index contributed by atoms with van der Waals surface area (Å²) in [5.74, 6) is -0.750. The molecule has 1 heterocycles. The van der Waals surface area contributed by atoms with Gasteiger partial charge in [-0.3, -0.25) is 9.89 Å². The minimum Gasteiger partial charge on any atom is -0.480 e. The lowest BCUT2D eigenvalue weighted by Crippen LogP contribution is -2.50. The van der Waals surface area contributed by atoms with Crippen molar-refractivity contribution in [2.24, 2.45) is 0 Å². The average Bonchev–Trinajstić information content (AvgIpc) is 2.90. The summed E-state index contributed by atoms with van der Waals surface area (Å²) in [5, 5.41) is 20.0. The Labute approximate surface area is 104 Å². The van der Waals surface area contributed by atoms with Gasteiger partial charge in [0.15, 0.2) is 5.16 Å². The lowest BCUT2D eigenvalue weighted by molar-refractivity contribution is -0.144. The van der Waals surface area contributed by atoms with Crippen LogP contribution in [0.5, 0.6) is 0 Å². The first kappa shape index (κ1) is 12.4. The van der Waals surface area contributed by atoms with Gasteiger partial charge in [0.1, 0.15) is 11.9 Å². The van der Waals surface area contributed by atoms with E-state index >= 15 is 0 Å². The number of H-pyrrole nitrogens is 1. The predicted molar refractivity (Wildman–Crippen MR) is 63.9 cm³/mol. The van der Waals surface area contributed by atoms with Crippen molar-refractivity contribution in [3.63, 3.8) is 0 Å². The molecule has 0 bridgehead atoms. The number of likely N-dealkylation sites (N-methyl/N-ethyl adjacent to an activating group) is 1. The van der Waals surface area contributed by atoms with Gasteiger partial charge >= 0.3 is 5.97 Å². The van der Waals surface area contributed by atoms with Crippen molar-refractivity contribution < 1.29 is 9.90 Å². The number of thioether (sulfide) groups is 1. The highest BCUT2D eigenvalue weighted by Gasteiger charge is 2.45. The molecule has 2 unspecified atom stereocenters. The van der Waals surface area contributed by atoms with Gasteiger partial charge < -0.3 is 10.4 Å². The fourth-order valence-electron chi connectivity index (χ4n) is 2.28. The van der Waals surface area contributed by atoms with Crippen LogP contribution in [-0.2, 0) is 4.79 Å². The first-order valence-corrected chi connectivity index (χ1v) is 6.55. The second-order valence-electron chi connectivity index (χ2n) is 4.19. The molecule has 6 nitrogen and oxygen atoms in total. The maximum atomic E-state index is 11.4. The molecule has 0 spiro atoms. The summed E-state index contributed by atoms with van der Waals surface area (Å²) in [7, 11) is 0. The highest BCUT2D eigenvalue weighted by Crippen LogP contribution is 2.39. The summed E-state index contributed by atoms with van der Waals surface area (Å²) >= 11 is 1.57. The van der Waals surface area contributed by atoms with Crippen LogP contribution in [0.2, 0.25) is 0 Å². The molecule has 0 aliphatic heterocycles. The quantitative estimate of drug-likeness (QED) is 0.724. The van der Waals surface area contributed by atoms with E-state index in [0.717, 1.165) is 11.6 Å². The Morgan fingerprint density at radius 2 is 2.65 bits per heavy atom. The molecule has 1 aromatic heterocycles. The van der Waals surface area contributed by atoms with Crippen LogP contribution >= 0.6 is 11.8 Å². The van der Waals surface area contributed by atoms with E-state index in [1.807, 2.05) is 6.92 Å². The van der Waals surface area contributed by atoms with Crippen LogP contribution in [0.25, 0.3) is 0 Å². The first-order chi connectivity index (χ1) is 8.16. The zero-order valence-electron chi connectivity index (χ0n) is 9.64. The van der Waals surface area contributed by atoms with Gasteiger partial charge in [0, 0.05) is 5.25 Å². The number of carboxylic acid groups (broad SMARTS) is 1. The van der Waals surface area contributed by atoms with E-state index in [9.17, 15) is 9.90 Å². The van der Waals surface area contributed by atoms with Crippen molar-refractivity contribution >= 4 is 17.7 Å². The average molecular weight is 256 g/mol. The number of aliphatic carboxylic acids is 1. The van der Waals surface area contributed by atoms with Crippen LogP contribution in [0, 0.1) is 0 Å². The zero-order chi connectivity index (χ0) is 12.3. The molecular formula is C10H16N4O2S. The van der Waals surface area contributed by atoms with E-state index in [1.165, 1.54) is 6.33 Å². The lowest BCUT2D eigenvalue weighted by atomic mass is 9.98. The van der Waals surface area contributed by atoms with Crippen LogP contribution in [0.4, 0.5) is 0 Å². The van der Waals surface area contributed by atoms with Crippen LogP contribution in [-0.4, -0.2) is 43.6 Å². The Morgan fingerprint density at radius 1 is 1.82 bits per heavy atom. The zero-order valence-corrected chi connectivity index (χ0v) is 10.5. The van der Waals surface area contributed by atoms with Crippen LogP contribution < -0.4 is 5.32 Å². The second-order valence-corrected chi connectivity index (χ2v) is 5.48. The Bertz CT molecular complexity index is 384. The van der Waals surface area contributed by atoms with E-state index < -0.39 is 11.5 Å². The topological polar surface area (TPSA) is 90.9 Å². The van der Waals surface area contributed by atoms with Gasteiger partial charge in [0.2, 0.25) is 0 Å². The molecule has 0 saturated heterocycles. The minimum absolute atomic E-state index is 0.276. The summed E-state index contributed by atoms with van der Waals surface area (Å²) in [6, 6.07) is 0. The number of hydrogen-bond donors (Lipinski definition) is 3. The molecule has 1 saturated carbocycles. The van der Waals surface area contributed by atoms with Crippen molar-refractivity contribution in [1.29, 1.82) is 0 Å². The fraction of sp³-hybridized carbons (Fsp3) is 0.700. The molecule has 7 heteroatoms. The molecule has 2 atom stereocenters. The highest BCUT2D eigenvalue weighted by molar-refractivity contribution is 7.99. The van der Waals surface area contributed by atoms with E-state index in [1.54, 1.807) is 11.8 Å². The first-order valence-electron chi connectivity index (χ1n) is 5.67. The normalized spacial score (nSPS) is 28.4. The van der Waals surface area contributed by atoms with E-state index in [-0.39, 0.29) is 5.25 Å². The highest BCUT2D eigenvalue weighted by atomic mass is 32.2. The molecule has 0 radical (unpaired) electrons. The van der Waals surface area contributed by atoms with Gasteiger partial charge in [-0.2, -0.15) is 5.10 Å². The number of carboxylic acids is 1. The third-order valence-electron chi connectivity index (χ3n) is 3.06. The van der Waals surface area contributed by atoms with Crippen LogP contribution in [0.15, 0.2) is 11.5 Å². The van der Waals surface area contributed by atoms with Crippen LogP contribution in [0.3, 0.4) is 0 Å². The fourth-order valence-corrected chi connectivity index (χ4v) is 3.41. The maximum Gasteiger partial charge on any atom is 0.323 e. The van der Waals surface area contributed by atoms with Crippen molar-refractivity contribution in [2.75, 3.05) is 6.54 Å². The van der Waals surface area contributed by atoms with E-state index in [0.29, 0.717) is 19.4 Å². The van der Waals surface area contributed by atoms with Gasteiger partial charge in [0.25, 0.3) is 0 Å². The molecule has 0 amide bonds. The van der Waals surface area contributed by atoms with Crippen LogP contribution in [0.1, 0.15) is 26.2 Å². The number of nitrogens with one attached hydrogen (secondary N) is 2. The van der Waals surface area contributed by atoms with Gasteiger partial charge in [-0.15, -0.1) is 0 Å². The van der Waals surface area contributed by atoms with Gasteiger partial charge in [-0.05, 0) is 25.8 Å². The SMILES string of the molecule is CCNC1(C(=O)O)CCC(Sc2ncn[nH]2)C1. The summed E-state index contributed by atoms with van der Waals surface area (Å²) in [6.45, 7) is 2.60. The minimum atomic E-state index is -0.758. The Hall–Kier alpha value is -1.08. The Morgan fingerprint density at radius 3 is 3.24 bits per heavy atom. The molecule has 1 aliphatic carbocycles. The van der Waals surface area contributed by atoms with Gasteiger partial charge in [0.05, 0.1) is 0 Å². The molecule has 0 aromatic carbocycles. The number of aromatic amines is 1. The predicted octanol–water partition coefficient (Wildman–Crippen LogP) is 0.882. The number of hydrogen-bond acceptors (Lipinski definition) is 5. The number of aromatic nitrogens is 3. The molecule has 17 heavy (non-hydrogen) atoms. The van der Waals surface area contributed by atoms with Gasteiger partial charge in [-0.1, -0.05) is 18.7 Å². The third kappa shape index (κ3) is 2.61. The molecule has 1 fully saturated rings. The summed E-state index contributed by atoms with van der Waals surface area (Å²) in [4.78, 5) is 15.4. The summed E-state index contributed by atoms with van der Waals surface area (Å²) in [6.07, 6.45) is 3.64. The van der Waals surface area contributed by atoms with Gasteiger partial charge in [-0.25, -0.2) is 4.98 Å². The molecular weight excluding hydrogens is 240 g/mol. The summed E-state index contributed by atoms with van der Waals surface area (Å²) in [5.41, 5.74) is -0.758. The Balaban J connectivity index is 1.99. The third-order valence-corrected chi connectivity index (χ3v) is 4.22. The Kier molecular flexibility index (Phi) is 3.68. The number of rotatable bonds is 5. The summed E-state index contributed by atoms with van der Waals surface area (Å²) < 4.78 is 0. The smallest absolute Gasteiger partial charge is 0.323 e. The number of nitrogens with zero attached hydrogens (tertiary/aromatic N) is 2. The standard InChI is InChI=1S/C10H16N4O2S/c1-2-12-10(8(15)16)4-3-7(5-10)17-9-11-6-13-14-9/h6-7,12H,2-5H2,1H3,(H,15,16)(H,11,13,14). The van der Waals surface area contributed by atoms with Crippen molar-refractivity contribution in [1.82, 2.24) is 20.5 Å². The monoisotopic (exact) mass is 256 g/mol. The second kappa shape index (κ2) is 5.05. The van der Waals surface area contributed by atoms with E-state index in [4.69, 9.17) is 0 Å². The van der Waals surface area contributed by atoms with Crippen molar-refractivity contribution in [3.8, 4) is 0 Å². The van der Waals surface area contributed by atoms with E-state index in [2.05, 4.69) is 20.5 Å². The molecule has 94 valence electrons. The van der Waals surface area contributed by atoms with Crippen molar-refractivity contribution in [2.45, 2.75) is 42.1 Å². The van der Waals surface area contributed by atoms with Crippen molar-refractivity contribution in [3.05, 3.63) is 6.33 Å². The molecule has 1 aliphatic rings. The molecule has 1 aromatic rings. The lowest BCUT2D eigenvalue weighted by Gasteiger charge is -2.25. The molecule has 2 rings (SSSR count).